The summed E-state index contributed by atoms with van der Waals surface area (Å²) in [6, 6.07) is 0.0417. The number of aliphatic hydroxyl groups is 1. The molecule has 5 heteroatoms. The number of aliphatic hydroxyl groups excluding tert-OH is 1. The Balaban J connectivity index is 0. The third-order valence-corrected chi connectivity index (χ3v) is 1.07. The molecule has 0 atom stereocenters. The number of nitrogens with zero attached hydrogens (tertiary/aromatic N) is 1. The highest BCUT2D eigenvalue weighted by atomic mass is 16.2. The topological polar surface area (TPSA) is 69.6 Å². The van der Waals surface area contributed by atoms with Gasteiger partial charge in [0.15, 0.2) is 0 Å². The minimum Gasteiger partial charge on any atom is -0.400 e. The molecule has 0 bridgehead atoms. The number of carbonyl (C=O) groups is 2. The maximum absolute atomic E-state index is 10.4. The van der Waals surface area contributed by atoms with Crippen LogP contribution in [0.2, 0.25) is 0 Å². The van der Waals surface area contributed by atoms with E-state index >= 15 is 0 Å². The van der Waals surface area contributed by atoms with Gasteiger partial charge in [-0.2, -0.15) is 0 Å². The van der Waals surface area contributed by atoms with Crippen molar-refractivity contribution in [2.75, 3.05) is 27.2 Å². The van der Waals surface area contributed by atoms with E-state index in [1.807, 2.05) is 6.79 Å². The molecule has 1 heterocycles. The van der Waals surface area contributed by atoms with Gasteiger partial charge in [0.05, 0.1) is 0 Å². The first-order chi connectivity index (χ1) is 5.30. The molecule has 5 nitrogen and oxygen atoms in total. The SMILES string of the molecule is C=O.CN1CCNC1=O.CO. The van der Waals surface area contributed by atoms with Crippen LogP contribution in [-0.2, 0) is 4.79 Å². The first-order valence-electron chi connectivity index (χ1n) is 3.03. The molecule has 1 aliphatic rings. The lowest BCUT2D eigenvalue weighted by atomic mass is 10.7. The molecule has 0 aromatic heterocycles. The van der Waals surface area contributed by atoms with Gasteiger partial charge in [0.2, 0.25) is 0 Å². The highest BCUT2D eigenvalue weighted by Crippen LogP contribution is 1.88. The number of hydrogen-bond donors (Lipinski definition) is 2. The zero-order valence-electron chi connectivity index (χ0n) is 6.83. The fourth-order valence-electron chi connectivity index (χ4n) is 0.567. The molecule has 1 aliphatic heterocycles. The predicted molar refractivity (Wildman–Crippen MR) is 41.3 cm³/mol. The van der Waals surface area contributed by atoms with Crippen LogP contribution in [0.5, 0.6) is 0 Å². The lowest BCUT2D eigenvalue weighted by Crippen LogP contribution is -2.23. The van der Waals surface area contributed by atoms with Crippen LogP contribution in [-0.4, -0.2) is 50.1 Å². The van der Waals surface area contributed by atoms with Crippen molar-refractivity contribution in [1.29, 1.82) is 0 Å². The summed E-state index contributed by atoms with van der Waals surface area (Å²) in [5, 5.41) is 9.66. The van der Waals surface area contributed by atoms with Crippen LogP contribution >= 0.6 is 0 Å². The molecule has 11 heavy (non-hydrogen) atoms. The van der Waals surface area contributed by atoms with Crippen LogP contribution in [0.3, 0.4) is 0 Å². The lowest BCUT2D eigenvalue weighted by Gasteiger charge is -2.01. The van der Waals surface area contributed by atoms with E-state index in [0.717, 1.165) is 20.2 Å². The van der Waals surface area contributed by atoms with Gasteiger partial charge in [-0.15, -0.1) is 0 Å². The van der Waals surface area contributed by atoms with Crippen molar-refractivity contribution in [3.8, 4) is 0 Å². The molecule has 0 aliphatic carbocycles. The molecule has 0 radical (unpaired) electrons. The van der Waals surface area contributed by atoms with E-state index in [1.54, 1.807) is 11.9 Å². The first kappa shape index (κ1) is 12.6. The second-order valence-corrected chi connectivity index (χ2v) is 1.65. The van der Waals surface area contributed by atoms with Crippen molar-refractivity contribution >= 4 is 12.8 Å². The normalized spacial score (nSPS) is 13.7. The van der Waals surface area contributed by atoms with Crippen LogP contribution in [0.4, 0.5) is 4.79 Å². The number of rotatable bonds is 0. The van der Waals surface area contributed by atoms with E-state index in [2.05, 4.69) is 5.32 Å². The molecular formula is C6H14N2O3. The number of urea groups is 1. The number of amides is 2. The molecule has 2 amide bonds. The van der Waals surface area contributed by atoms with Gasteiger partial charge in [0.1, 0.15) is 6.79 Å². The van der Waals surface area contributed by atoms with Crippen molar-refractivity contribution in [2.45, 2.75) is 0 Å². The third-order valence-electron chi connectivity index (χ3n) is 1.07. The van der Waals surface area contributed by atoms with Crippen molar-refractivity contribution in [2.24, 2.45) is 0 Å². The van der Waals surface area contributed by atoms with Crippen LogP contribution in [0, 0.1) is 0 Å². The van der Waals surface area contributed by atoms with E-state index < -0.39 is 0 Å². The monoisotopic (exact) mass is 162 g/mol. The Morgan fingerprint density at radius 1 is 1.55 bits per heavy atom. The quantitative estimate of drug-likeness (QED) is 0.483. The molecule has 2 N–H and O–H groups in total. The zero-order chi connectivity index (χ0) is 9.28. The Kier molecular flexibility index (Phi) is 10.2. The Morgan fingerprint density at radius 2 is 2.00 bits per heavy atom. The Morgan fingerprint density at radius 3 is 2.09 bits per heavy atom. The smallest absolute Gasteiger partial charge is 0.317 e. The number of hydrogen-bond acceptors (Lipinski definition) is 3. The average Bonchev–Trinajstić information content (AvgIpc) is 2.44. The van der Waals surface area contributed by atoms with E-state index in [1.165, 1.54) is 0 Å². The van der Waals surface area contributed by atoms with Gasteiger partial charge in [-0.3, -0.25) is 0 Å². The Labute approximate surface area is 66.0 Å². The summed E-state index contributed by atoms with van der Waals surface area (Å²) in [6.45, 7) is 3.65. The summed E-state index contributed by atoms with van der Waals surface area (Å²) >= 11 is 0. The van der Waals surface area contributed by atoms with E-state index in [0.29, 0.717) is 0 Å². The van der Waals surface area contributed by atoms with Gasteiger partial charge in [0, 0.05) is 27.2 Å². The summed E-state index contributed by atoms with van der Waals surface area (Å²) in [5.74, 6) is 0. The summed E-state index contributed by atoms with van der Waals surface area (Å²) < 4.78 is 0. The first-order valence-corrected chi connectivity index (χ1v) is 3.03. The molecule has 1 saturated heterocycles. The zero-order valence-corrected chi connectivity index (χ0v) is 6.83. The molecule has 0 unspecified atom stereocenters. The fourth-order valence-corrected chi connectivity index (χ4v) is 0.567. The molecule has 0 aromatic rings. The number of likely N-dealkylation sites (N-methyl/N-ethyl adjacent to an activating group) is 1. The van der Waals surface area contributed by atoms with Crippen molar-refractivity contribution < 1.29 is 14.7 Å². The van der Waals surface area contributed by atoms with Gasteiger partial charge >= 0.3 is 6.03 Å². The summed E-state index contributed by atoms with van der Waals surface area (Å²) in [5.41, 5.74) is 0. The average molecular weight is 162 g/mol. The van der Waals surface area contributed by atoms with Crippen LogP contribution in [0.25, 0.3) is 0 Å². The highest BCUT2D eigenvalue weighted by Gasteiger charge is 2.12. The summed E-state index contributed by atoms with van der Waals surface area (Å²) in [6.07, 6.45) is 0. The fraction of sp³-hybridized carbons (Fsp3) is 0.667. The van der Waals surface area contributed by atoms with Gasteiger partial charge in [0.25, 0.3) is 0 Å². The lowest BCUT2D eigenvalue weighted by molar-refractivity contribution is -0.0979. The molecule has 0 spiro atoms. The molecule has 1 fully saturated rings. The van der Waals surface area contributed by atoms with Gasteiger partial charge in [-0.05, 0) is 0 Å². The molecule has 0 saturated carbocycles. The third kappa shape index (κ3) is 5.35. The molecule has 1 rings (SSSR count). The van der Waals surface area contributed by atoms with Crippen LogP contribution in [0.15, 0.2) is 0 Å². The van der Waals surface area contributed by atoms with Gasteiger partial charge in [-0.1, -0.05) is 0 Å². The van der Waals surface area contributed by atoms with Crippen molar-refractivity contribution in [3.05, 3.63) is 0 Å². The predicted octanol–water partition coefficient (Wildman–Crippen LogP) is -0.935. The second-order valence-electron chi connectivity index (χ2n) is 1.65. The van der Waals surface area contributed by atoms with Crippen molar-refractivity contribution in [1.82, 2.24) is 10.2 Å². The molecule has 66 valence electrons. The Hall–Kier alpha value is -1.10. The number of nitrogens with one attached hydrogen (secondary N) is 1. The summed E-state index contributed by atoms with van der Waals surface area (Å²) in [4.78, 5) is 20.0. The molecule has 0 aromatic carbocycles. The Bertz CT molecular complexity index is 108. The van der Waals surface area contributed by atoms with Crippen LogP contribution in [0.1, 0.15) is 0 Å². The highest BCUT2D eigenvalue weighted by molar-refractivity contribution is 5.75. The van der Waals surface area contributed by atoms with Crippen molar-refractivity contribution in [3.63, 3.8) is 0 Å². The number of carbonyl (C=O) groups excluding carboxylic acids is 2. The standard InChI is InChI=1S/C4H8N2O.CH4O.CH2O/c1-6-3-2-5-4(6)7;2*1-2/h2-3H2,1H3,(H,5,7);2H,1H3;1H2. The van der Waals surface area contributed by atoms with Gasteiger partial charge in [-0.25, -0.2) is 4.79 Å². The van der Waals surface area contributed by atoms with E-state index in [9.17, 15) is 4.79 Å². The largest absolute Gasteiger partial charge is 0.400 e. The molecular weight excluding hydrogens is 148 g/mol. The maximum Gasteiger partial charge on any atom is 0.317 e. The van der Waals surface area contributed by atoms with E-state index in [-0.39, 0.29) is 6.03 Å². The summed E-state index contributed by atoms with van der Waals surface area (Å²) in [7, 11) is 2.78. The van der Waals surface area contributed by atoms with Gasteiger partial charge < -0.3 is 20.1 Å². The maximum atomic E-state index is 10.4. The second kappa shape index (κ2) is 8.90. The minimum atomic E-state index is 0.0417. The minimum absolute atomic E-state index is 0.0417. The van der Waals surface area contributed by atoms with E-state index in [4.69, 9.17) is 9.90 Å². The van der Waals surface area contributed by atoms with Crippen LogP contribution < -0.4 is 5.32 Å².